The van der Waals surface area contributed by atoms with Gasteiger partial charge in [0.2, 0.25) is 0 Å². The van der Waals surface area contributed by atoms with Crippen LogP contribution in [0.2, 0.25) is 5.02 Å². The Morgan fingerprint density at radius 3 is 2.62 bits per heavy atom. The number of hydrogen-bond acceptors (Lipinski definition) is 2. The van der Waals surface area contributed by atoms with Crippen LogP contribution < -0.4 is 5.32 Å². The Kier molecular flexibility index (Phi) is 3.70. The van der Waals surface area contributed by atoms with Crippen LogP contribution in [0.1, 0.15) is 20.3 Å². The van der Waals surface area contributed by atoms with Gasteiger partial charge in [-0.05, 0) is 41.9 Å². The van der Waals surface area contributed by atoms with E-state index in [-0.39, 0.29) is 0 Å². The van der Waals surface area contributed by atoms with Crippen molar-refractivity contribution in [2.45, 2.75) is 26.3 Å². The quantitative estimate of drug-likeness (QED) is 0.847. The Bertz CT molecular complexity index is 347. The molecule has 1 fully saturated rings. The van der Waals surface area contributed by atoms with Gasteiger partial charge < -0.3 is 5.32 Å². The molecule has 88 valence electrons. The fraction of sp³-hybridized carbons (Fsp3) is 0.538. The van der Waals surface area contributed by atoms with Gasteiger partial charge in [-0.3, -0.25) is 0 Å². The maximum absolute atomic E-state index is 5.88. The van der Waals surface area contributed by atoms with E-state index < -0.39 is 0 Å². The lowest BCUT2D eigenvalue weighted by Crippen LogP contribution is -2.41. The van der Waals surface area contributed by atoms with E-state index in [1.165, 1.54) is 23.6 Å². The molecule has 1 nitrogen and oxygen atoms in total. The molecule has 1 aliphatic heterocycles. The lowest BCUT2D eigenvalue weighted by atomic mass is 9.82. The molecule has 16 heavy (non-hydrogen) atoms. The summed E-state index contributed by atoms with van der Waals surface area (Å²) in [5, 5.41) is 4.41. The number of halogens is 1. The molecule has 2 rings (SSSR count). The van der Waals surface area contributed by atoms with E-state index in [0.717, 1.165) is 5.02 Å². The van der Waals surface area contributed by atoms with E-state index in [9.17, 15) is 0 Å². The van der Waals surface area contributed by atoms with Gasteiger partial charge in [0.05, 0.1) is 0 Å². The second kappa shape index (κ2) is 4.89. The van der Waals surface area contributed by atoms with Crippen LogP contribution >= 0.6 is 23.4 Å². The van der Waals surface area contributed by atoms with E-state index in [1.54, 1.807) is 0 Å². The molecule has 1 N–H and O–H groups in total. The number of thioether (sulfide) groups is 1. The first-order valence-corrected chi connectivity index (χ1v) is 7.21. The van der Waals surface area contributed by atoms with Crippen LogP contribution in [-0.2, 0) is 0 Å². The van der Waals surface area contributed by atoms with Crippen molar-refractivity contribution in [1.29, 1.82) is 0 Å². The molecule has 0 spiro atoms. The molecule has 0 radical (unpaired) electrons. The third kappa shape index (κ3) is 2.86. The standard InChI is InChI=1S/C13H18ClNS/c1-13(2)7-8-16-9-12(13)15-11-5-3-10(14)4-6-11/h3-6,12,15H,7-9H2,1-2H3. The van der Waals surface area contributed by atoms with Gasteiger partial charge in [-0.15, -0.1) is 0 Å². The van der Waals surface area contributed by atoms with E-state index in [0.29, 0.717) is 11.5 Å². The summed E-state index contributed by atoms with van der Waals surface area (Å²) in [6.45, 7) is 4.70. The molecule has 0 amide bonds. The Morgan fingerprint density at radius 2 is 2.00 bits per heavy atom. The fourth-order valence-corrected chi connectivity index (χ4v) is 3.65. The number of benzene rings is 1. The second-order valence-electron chi connectivity index (χ2n) is 5.02. The average molecular weight is 256 g/mol. The molecule has 1 aromatic carbocycles. The first kappa shape index (κ1) is 12.1. The summed E-state index contributed by atoms with van der Waals surface area (Å²) < 4.78 is 0. The van der Waals surface area contributed by atoms with Gasteiger partial charge in [-0.2, -0.15) is 11.8 Å². The van der Waals surface area contributed by atoms with Gasteiger partial charge in [0.25, 0.3) is 0 Å². The zero-order chi connectivity index (χ0) is 11.6. The Morgan fingerprint density at radius 1 is 1.31 bits per heavy atom. The monoisotopic (exact) mass is 255 g/mol. The van der Waals surface area contributed by atoms with E-state index in [4.69, 9.17) is 11.6 Å². The molecular weight excluding hydrogens is 238 g/mol. The summed E-state index contributed by atoms with van der Waals surface area (Å²) >= 11 is 7.92. The lowest BCUT2D eigenvalue weighted by Gasteiger charge is -2.39. The van der Waals surface area contributed by atoms with Crippen LogP contribution in [0, 0.1) is 5.41 Å². The topological polar surface area (TPSA) is 12.0 Å². The Balaban J connectivity index is 2.05. The van der Waals surface area contributed by atoms with Crippen LogP contribution in [0.4, 0.5) is 5.69 Å². The summed E-state index contributed by atoms with van der Waals surface area (Å²) in [7, 11) is 0. The molecular formula is C13H18ClNS. The molecule has 3 heteroatoms. The van der Waals surface area contributed by atoms with Crippen molar-refractivity contribution < 1.29 is 0 Å². The molecule has 0 saturated carbocycles. The van der Waals surface area contributed by atoms with Crippen molar-refractivity contribution in [3.05, 3.63) is 29.3 Å². The number of rotatable bonds is 2. The predicted octanol–water partition coefficient (Wildman–Crippen LogP) is 4.28. The highest BCUT2D eigenvalue weighted by molar-refractivity contribution is 7.99. The molecule has 0 bridgehead atoms. The van der Waals surface area contributed by atoms with Crippen molar-refractivity contribution in [3.8, 4) is 0 Å². The molecule has 1 saturated heterocycles. The number of nitrogens with one attached hydrogen (secondary N) is 1. The first-order chi connectivity index (χ1) is 7.58. The van der Waals surface area contributed by atoms with Crippen LogP contribution in [-0.4, -0.2) is 17.5 Å². The number of anilines is 1. The smallest absolute Gasteiger partial charge is 0.0407 e. The summed E-state index contributed by atoms with van der Waals surface area (Å²) in [5.41, 5.74) is 1.55. The van der Waals surface area contributed by atoms with Gasteiger partial charge in [0.1, 0.15) is 0 Å². The maximum Gasteiger partial charge on any atom is 0.0407 e. The van der Waals surface area contributed by atoms with E-state index >= 15 is 0 Å². The van der Waals surface area contributed by atoms with Crippen LogP contribution in [0.3, 0.4) is 0 Å². The molecule has 1 unspecified atom stereocenters. The van der Waals surface area contributed by atoms with Crippen molar-refractivity contribution in [2.24, 2.45) is 5.41 Å². The van der Waals surface area contributed by atoms with Crippen molar-refractivity contribution in [1.82, 2.24) is 0 Å². The normalized spacial score (nSPS) is 24.1. The lowest BCUT2D eigenvalue weighted by molar-refractivity contribution is 0.305. The third-order valence-electron chi connectivity index (χ3n) is 3.30. The van der Waals surface area contributed by atoms with Gasteiger partial charge in [0, 0.05) is 22.5 Å². The number of hydrogen-bond donors (Lipinski definition) is 1. The van der Waals surface area contributed by atoms with E-state index in [2.05, 4.69) is 31.3 Å². The fourth-order valence-electron chi connectivity index (χ4n) is 1.92. The van der Waals surface area contributed by atoms with Gasteiger partial charge in [-0.1, -0.05) is 25.4 Å². The molecule has 1 aliphatic rings. The van der Waals surface area contributed by atoms with Crippen molar-refractivity contribution >= 4 is 29.1 Å². The van der Waals surface area contributed by atoms with Gasteiger partial charge >= 0.3 is 0 Å². The largest absolute Gasteiger partial charge is 0.381 e. The molecule has 1 atom stereocenters. The minimum absolute atomic E-state index is 0.380. The zero-order valence-electron chi connectivity index (χ0n) is 9.79. The van der Waals surface area contributed by atoms with Crippen LogP contribution in [0.15, 0.2) is 24.3 Å². The summed E-state index contributed by atoms with van der Waals surface area (Å²) in [4.78, 5) is 0. The minimum atomic E-state index is 0.380. The summed E-state index contributed by atoms with van der Waals surface area (Å²) in [6, 6.07) is 8.53. The molecule has 1 heterocycles. The van der Waals surface area contributed by atoms with Gasteiger partial charge in [0.15, 0.2) is 0 Å². The predicted molar refractivity (Wildman–Crippen MR) is 74.6 cm³/mol. The first-order valence-electron chi connectivity index (χ1n) is 5.68. The van der Waals surface area contributed by atoms with Crippen molar-refractivity contribution in [2.75, 3.05) is 16.8 Å². The zero-order valence-corrected chi connectivity index (χ0v) is 11.4. The molecule has 0 aromatic heterocycles. The highest BCUT2D eigenvalue weighted by atomic mass is 35.5. The summed E-state index contributed by atoms with van der Waals surface area (Å²) in [5.74, 6) is 2.47. The van der Waals surface area contributed by atoms with Gasteiger partial charge in [-0.25, -0.2) is 0 Å². The highest BCUT2D eigenvalue weighted by Crippen LogP contribution is 2.36. The minimum Gasteiger partial charge on any atom is -0.381 e. The SMILES string of the molecule is CC1(C)CCSCC1Nc1ccc(Cl)cc1. The third-order valence-corrected chi connectivity index (χ3v) is 4.62. The Hall–Kier alpha value is -0.340. The van der Waals surface area contributed by atoms with Crippen molar-refractivity contribution in [3.63, 3.8) is 0 Å². The van der Waals surface area contributed by atoms with Crippen LogP contribution in [0.25, 0.3) is 0 Å². The average Bonchev–Trinajstić information content (AvgIpc) is 2.24. The summed E-state index contributed by atoms with van der Waals surface area (Å²) in [6.07, 6.45) is 1.28. The highest BCUT2D eigenvalue weighted by Gasteiger charge is 2.32. The maximum atomic E-state index is 5.88. The Labute approximate surface area is 107 Å². The van der Waals surface area contributed by atoms with Crippen LogP contribution in [0.5, 0.6) is 0 Å². The second-order valence-corrected chi connectivity index (χ2v) is 6.60. The van der Waals surface area contributed by atoms with E-state index in [1.807, 2.05) is 23.9 Å². The molecule has 0 aliphatic carbocycles. The molecule has 1 aromatic rings.